The second-order valence-electron chi connectivity index (χ2n) is 5.73. The van der Waals surface area contributed by atoms with Crippen LogP contribution in [0.1, 0.15) is 10.4 Å². The lowest BCUT2D eigenvalue weighted by Gasteiger charge is -2.23. The highest BCUT2D eigenvalue weighted by Gasteiger charge is 2.23. The van der Waals surface area contributed by atoms with Crippen molar-refractivity contribution >= 4 is 17.4 Å². The molecule has 2 aromatic rings. The molecule has 0 saturated heterocycles. The summed E-state index contributed by atoms with van der Waals surface area (Å²) in [6.07, 6.45) is 0.830. The van der Waals surface area contributed by atoms with E-state index in [1.54, 1.807) is 23.3 Å². The fourth-order valence-electron chi connectivity index (χ4n) is 2.73. The van der Waals surface area contributed by atoms with Gasteiger partial charge in [-0.2, -0.15) is 0 Å². The summed E-state index contributed by atoms with van der Waals surface area (Å²) in [5, 5.41) is 5.01. The third-order valence-corrected chi connectivity index (χ3v) is 4.84. The lowest BCUT2D eigenvalue weighted by Crippen LogP contribution is -2.44. The molecule has 2 amide bonds. The molecule has 0 unspecified atom stereocenters. The van der Waals surface area contributed by atoms with Crippen LogP contribution in [-0.2, 0) is 17.7 Å². The molecule has 3 rings (SSSR count). The molecule has 1 aliphatic rings. The van der Waals surface area contributed by atoms with Crippen molar-refractivity contribution in [2.75, 3.05) is 26.8 Å². The van der Waals surface area contributed by atoms with Crippen LogP contribution in [0.3, 0.4) is 0 Å². The second kappa shape index (κ2) is 8.17. The van der Waals surface area contributed by atoms with Gasteiger partial charge < -0.3 is 19.7 Å². The van der Waals surface area contributed by atoms with Gasteiger partial charge in [-0.1, -0.05) is 24.3 Å². The SMILES string of the molecule is COCCN(Cc1cccs1)C(=O)NC[C@@H]1Cc2ccccc2O1. The summed E-state index contributed by atoms with van der Waals surface area (Å²) >= 11 is 1.65. The zero-order valence-corrected chi connectivity index (χ0v) is 14.6. The van der Waals surface area contributed by atoms with E-state index in [0.29, 0.717) is 26.2 Å². The standard InChI is InChI=1S/C18H22N2O3S/c1-22-9-8-20(13-16-6-4-10-24-16)18(21)19-12-15-11-14-5-2-3-7-17(14)23-15/h2-7,10,15H,8-9,11-13H2,1H3,(H,19,21)/t15-/m0/s1. The van der Waals surface area contributed by atoms with Crippen LogP contribution in [0.5, 0.6) is 5.75 Å². The van der Waals surface area contributed by atoms with Crippen LogP contribution >= 0.6 is 11.3 Å². The number of thiophene rings is 1. The first kappa shape index (κ1) is 16.8. The molecule has 2 heterocycles. The maximum Gasteiger partial charge on any atom is 0.317 e. The van der Waals surface area contributed by atoms with Crippen LogP contribution in [0.15, 0.2) is 41.8 Å². The minimum Gasteiger partial charge on any atom is -0.488 e. The zero-order valence-electron chi connectivity index (χ0n) is 13.7. The Balaban J connectivity index is 1.52. The summed E-state index contributed by atoms with van der Waals surface area (Å²) in [5.74, 6) is 0.923. The van der Waals surface area contributed by atoms with Gasteiger partial charge in [0.2, 0.25) is 0 Å². The number of carbonyl (C=O) groups excluding carboxylic acids is 1. The molecule has 1 aromatic carbocycles. The summed E-state index contributed by atoms with van der Waals surface area (Å²) in [4.78, 5) is 15.4. The van der Waals surface area contributed by atoms with E-state index in [-0.39, 0.29) is 12.1 Å². The highest BCUT2D eigenvalue weighted by atomic mass is 32.1. The Morgan fingerprint density at radius 2 is 2.25 bits per heavy atom. The van der Waals surface area contributed by atoms with E-state index in [2.05, 4.69) is 11.4 Å². The highest BCUT2D eigenvalue weighted by Crippen LogP contribution is 2.27. The maximum atomic E-state index is 12.5. The van der Waals surface area contributed by atoms with Gasteiger partial charge in [0.25, 0.3) is 0 Å². The molecule has 1 aliphatic heterocycles. The van der Waals surface area contributed by atoms with Crippen molar-refractivity contribution in [1.82, 2.24) is 10.2 Å². The van der Waals surface area contributed by atoms with E-state index in [4.69, 9.17) is 9.47 Å². The second-order valence-corrected chi connectivity index (χ2v) is 6.76. The number of hydrogen-bond acceptors (Lipinski definition) is 4. The number of carbonyl (C=O) groups is 1. The third-order valence-electron chi connectivity index (χ3n) is 3.97. The van der Waals surface area contributed by atoms with Crippen molar-refractivity contribution < 1.29 is 14.3 Å². The molecule has 1 aromatic heterocycles. The number of fused-ring (bicyclic) bond motifs is 1. The van der Waals surface area contributed by atoms with Crippen molar-refractivity contribution in [1.29, 1.82) is 0 Å². The number of ether oxygens (including phenoxy) is 2. The van der Waals surface area contributed by atoms with Crippen LogP contribution in [-0.4, -0.2) is 43.8 Å². The largest absolute Gasteiger partial charge is 0.488 e. The first-order valence-corrected chi connectivity index (χ1v) is 8.93. The molecular weight excluding hydrogens is 324 g/mol. The predicted molar refractivity (Wildman–Crippen MR) is 94.6 cm³/mol. The zero-order chi connectivity index (χ0) is 16.8. The van der Waals surface area contributed by atoms with Gasteiger partial charge >= 0.3 is 6.03 Å². The number of para-hydroxylation sites is 1. The van der Waals surface area contributed by atoms with Crippen molar-refractivity contribution in [3.05, 3.63) is 52.2 Å². The predicted octanol–water partition coefficient (Wildman–Crippen LogP) is 2.91. The average molecular weight is 346 g/mol. The fourth-order valence-corrected chi connectivity index (χ4v) is 3.44. The molecule has 128 valence electrons. The molecule has 0 spiro atoms. The van der Waals surface area contributed by atoms with Crippen molar-refractivity contribution in [3.8, 4) is 5.75 Å². The highest BCUT2D eigenvalue weighted by molar-refractivity contribution is 7.09. The lowest BCUT2D eigenvalue weighted by atomic mass is 10.1. The summed E-state index contributed by atoms with van der Waals surface area (Å²) in [6, 6.07) is 12.0. The number of methoxy groups -OCH3 is 1. The molecule has 0 saturated carbocycles. The van der Waals surface area contributed by atoms with E-state index in [1.165, 1.54) is 5.56 Å². The van der Waals surface area contributed by atoms with E-state index >= 15 is 0 Å². The molecular formula is C18H22N2O3S. The normalized spacial score (nSPS) is 15.6. The molecule has 0 fully saturated rings. The average Bonchev–Trinajstić information content (AvgIpc) is 3.25. The number of nitrogens with one attached hydrogen (secondary N) is 1. The van der Waals surface area contributed by atoms with Crippen LogP contribution in [0, 0.1) is 0 Å². The summed E-state index contributed by atoms with van der Waals surface area (Å²) in [5.41, 5.74) is 1.20. The van der Waals surface area contributed by atoms with Crippen LogP contribution in [0.25, 0.3) is 0 Å². The minimum atomic E-state index is -0.0833. The Morgan fingerprint density at radius 1 is 1.38 bits per heavy atom. The number of rotatable bonds is 7. The third kappa shape index (κ3) is 4.27. The van der Waals surface area contributed by atoms with Crippen molar-refractivity contribution in [2.24, 2.45) is 0 Å². The van der Waals surface area contributed by atoms with Gasteiger partial charge in [-0.15, -0.1) is 11.3 Å². The van der Waals surface area contributed by atoms with Gasteiger partial charge in [0, 0.05) is 25.0 Å². The van der Waals surface area contributed by atoms with Crippen molar-refractivity contribution in [2.45, 2.75) is 19.1 Å². The maximum absolute atomic E-state index is 12.5. The number of benzene rings is 1. The molecule has 0 bridgehead atoms. The molecule has 5 nitrogen and oxygen atoms in total. The molecule has 0 aliphatic carbocycles. The quantitative estimate of drug-likeness (QED) is 0.839. The van der Waals surface area contributed by atoms with Crippen LogP contribution in [0.4, 0.5) is 4.79 Å². The lowest BCUT2D eigenvalue weighted by molar-refractivity contribution is 0.143. The Hall–Kier alpha value is -2.05. The summed E-state index contributed by atoms with van der Waals surface area (Å²) in [6.45, 7) is 2.18. The van der Waals surface area contributed by atoms with E-state index < -0.39 is 0 Å². The Bertz CT molecular complexity index is 635. The molecule has 0 radical (unpaired) electrons. The Labute approximate surface area is 146 Å². The molecule has 6 heteroatoms. The number of nitrogens with zero attached hydrogens (tertiary/aromatic N) is 1. The van der Waals surface area contributed by atoms with Gasteiger partial charge in [0.15, 0.2) is 0 Å². The first-order valence-electron chi connectivity index (χ1n) is 8.05. The fraction of sp³-hybridized carbons (Fsp3) is 0.389. The molecule has 1 atom stereocenters. The number of amides is 2. The summed E-state index contributed by atoms with van der Waals surface area (Å²) in [7, 11) is 1.64. The van der Waals surface area contributed by atoms with Gasteiger partial charge in [-0.3, -0.25) is 0 Å². The van der Waals surface area contributed by atoms with Crippen molar-refractivity contribution in [3.63, 3.8) is 0 Å². The summed E-state index contributed by atoms with van der Waals surface area (Å²) < 4.78 is 11.0. The van der Waals surface area contributed by atoms with E-state index in [0.717, 1.165) is 17.0 Å². The first-order chi connectivity index (χ1) is 11.8. The Morgan fingerprint density at radius 3 is 3.00 bits per heavy atom. The number of hydrogen-bond donors (Lipinski definition) is 1. The van der Waals surface area contributed by atoms with Gasteiger partial charge in [0.05, 0.1) is 19.7 Å². The monoisotopic (exact) mass is 346 g/mol. The smallest absolute Gasteiger partial charge is 0.317 e. The van der Waals surface area contributed by atoms with Crippen LogP contribution in [0.2, 0.25) is 0 Å². The molecule has 1 N–H and O–H groups in total. The minimum absolute atomic E-state index is 0.00244. The van der Waals surface area contributed by atoms with Crippen LogP contribution < -0.4 is 10.1 Å². The topological polar surface area (TPSA) is 50.8 Å². The van der Waals surface area contributed by atoms with E-state index in [1.807, 2.05) is 35.7 Å². The van der Waals surface area contributed by atoms with Gasteiger partial charge in [-0.05, 0) is 23.1 Å². The van der Waals surface area contributed by atoms with Gasteiger partial charge in [0.1, 0.15) is 11.9 Å². The Kier molecular flexibility index (Phi) is 5.72. The van der Waals surface area contributed by atoms with Gasteiger partial charge in [-0.25, -0.2) is 4.79 Å². The number of urea groups is 1. The van der Waals surface area contributed by atoms with E-state index in [9.17, 15) is 4.79 Å². The molecule has 24 heavy (non-hydrogen) atoms.